The molecule has 0 atom stereocenters. The Morgan fingerprint density at radius 3 is 2.59 bits per heavy atom. The molecule has 0 spiro atoms. The van der Waals surface area contributed by atoms with Gasteiger partial charge in [0.15, 0.2) is 0 Å². The van der Waals surface area contributed by atoms with Crippen LogP contribution in [0.2, 0.25) is 0 Å². The summed E-state index contributed by atoms with van der Waals surface area (Å²) in [7, 11) is 0. The topological polar surface area (TPSA) is 90.1 Å². The van der Waals surface area contributed by atoms with Gasteiger partial charge < -0.3 is 15.8 Å². The average molecular weight is 356 g/mol. The van der Waals surface area contributed by atoms with E-state index in [1.807, 2.05) is 54.6 Å². The fraction of sp³-hybridized carbons (Fsp3) is 0. The smallest absolute Gasteiger partial charge is 0.256 e. The fourth-order valence-corrected chi connectivity index (χ4v) is 2.77. The summed E-state index contributed by atoms with van der Waals surface area (Å²) in [6.07, 6.45) is 1.34. The molecule has 27 heavy (non-hydrogen) atoms. The Labute approximate surface area is 155 Å². The first-order chi connectivity index (χ1) is 13.2. The summed E-state index contributed by atoms with van der Waals surface area (Å²) >= 11 is 0. The molecule has 6 heteroatoms. The Morgan fingerprint density at radius 1 is 0.926 bits per heavy atom. The van der Waals surface area contributed by atoms with Gasteiger partial charge in [-0.1, -0.05) is 30.3 Å². The van der Waals surface area contributed by atoms with Crippen molar-refractivity contribution in [1.82, 2.24) is 9.97 Å². The summed E-state index contributed by atoms with van der Waals surface area (Å²) in [6, 6.07) is 22.0. The third-order valence-electron chi connectivity index (χ3n) is 4.01. The van der Waals surface area contributed by atoms with E-state index in [1.165, 1.54) is 6.33 Å². The molecule has 3 N–H and O–H groups in total. The second-order valence-corrected chi connectivity index (χ2v) is 5.89. The number of hydrogen-bond acceptors (Lipinski definition) is 5. The minimum Gasteiger partial charge on any atom is -0.439 e. The number of carbonyl (C=O) groups excluding carboxylic acids is 1. The molecule has 0 fully saturated rings. The zero-order valence-electron chi connectivity index (χ0n) is 14.3. The molecule has 6 nitrogen and oxygen atoms in total. The van der Waals surface area contributed by atoms with Crippen LogP contribution in [-0.4, -0.2) is 15.9 Å². The van der Waals surface area contributed by atoms with E-state index < -0.39 is 0 Å². The molecular formula is C21H16N4O2. The molecule has 0 aliphatic carbocycles. The molecule has 0 saturated carbocycles. The third kappa shape index (κ3) is 3.69. The second-order valence-electron chi connectivity index (χ2n) is 5.89. The van der Waals surface area contributed by atoms with E-state index in [1.54, 1.807) is 18.2 Å². The number of hydrogen-bond donors (Lipinski definition) is 2. The Hall–Kier alpha value is -3.93. The molecule has 0 saturated heterocycles. The Balaban J connectivity index is 1.63. The van der Waals surface area contributed by atoms with Gasteiger partial charge in [0, 0.05) is 17.3 Å². The number of fused-ring (bicyclic) bond motifs is 1. The monoisotopic (exact) mass is 356 g/mol. The lowest BCUT2D eigenvalue weighted by Crippen LogP contribution is -2.12. The molecule has 1 aromatic heterocycles. The van der Waals surface area contributed by atoms with Gasteiger partial charge >= 0.3 is 0 Å². The number of nitrogens with one attached hydrogen (secondary N) is 1. The number of rotatable bonds is 4. The van der Waals surface area contributed by atoms with E-state index in [0.29, 0.717) is 23.0 Å². The molecule has 0 bridgehead atoms. The van der Waals surface area contributed by atoms with Gasteiger partial charge in [0.05, 0.1) is 0 Å². The standard InChI is InChI=1S/C21H16N4O2/c22-19-12-20(24-13-23-19)27-16-9-10-17-14(11-16)5-4-8-18(17)21(26)25-15-6-2-1-3-7-15/h1-13H,(H,25,26)(H2,22,23,24). The number of benzene rings is 3. The molecule has 0 aliphatic heterocycles. The lowest BCUT2D eigenvalue weighted by molar-refractivity contribution is 0.102. The lowest BCUT2D eigenvalue weighted by Gasteiger charge is -2.10. The number of carbonyl (C=O) groups is 1. The number of aromatic nitrogens is 2. The molecule has 0 radical (unpaired) electrons. The normalized spacial score (nSPS) is 10.5. The van der Waals surface area contributed by atoms with Gasteiger partial charge in [-0.25, -0.2) is 9.97 Å². The first-order valence-electron chi connectivity index (χ1n) is 8.33. The quantitative estimate of drug-likeness (QED) is 0.570. The molecule has 132 valence electrons. The number of nitrogen functional groups attached to an aromatic ring is 1. The minimum absolute atomic E-state index is 0.163. The van der Waals surface area contributed by atoms with Crippen molar-refractivity contribution < 1.29 is 9.53 Å². The van der Waals surface area contributed by atoms with Crippen molar-refractivity contribution in [2.45, 2.75) is 0 Å². The van der Waals surface area contributed by atoms with Crippen LogP contribution in [0.1, 0.15) is 10.4 Å². The maximum Gasteiger partial charge on any atom is 0.256 e. The highest BCUT2D eigenvalue weighted by atomic mass is 16.5. The SMILES string of the molecule is Nc1cc(Oc2ccc3c(C(=O)Nc4ccccc4)cccc3c2)ncn1. The lowest BCUT2D eigenvalue weighted by atomic mass is 10.0. The van der Waals surface area contributed by atoms with Crippen LogP contribution in [-0.2, 0) is 0 Å². The van der Waals surface area contributed by atoms with Gasteiger partial charge in [0.2, 0.25) is 5.88 Å². The van der Waals surface area contributed by atoms with Crippen molar-refractivity contribution in [3.8, 4) is 11.6 Å². The number of nitrogens with zero attached hydrogens (tertiary/aromatic N) is 2. The number of para-hydroxylation sites is 1. The highest BCUT2D eigenvalue weighted by Crippen LogP contribution is 2.27. The molecule has 0 unspecified atom stereocenters. The summed E-state index contributed by atoms with van der Waals surface area (Å²) in [5.41, 5.74) is 6.99. The van der Waals surface area contributed by atoms with Gasteiger partial charge in [-0.15, -0.1) is 0 Å². The van der Waals surface area contributed by atoms with Gasteiger partial charge in [0.1, 0.15) is 17.9 Å². The van der Waals surface area contributed by atoms with Crippen LogP contribution in [0.5, 0.6) is 11.6 Å². The van der Waals surface area contributed by atoms with Crippen LogP contribution in [0.3, 0.4) is 0 Å². The van der Waals surface area contributed by atoms with Crippen molar-refractivity contribution in [3.05, 3.63) is 84.7 Å². The van der Waals surface area contributed by atoms with E-state index in [9.17, 15) is 4.79 Å². The molecule has 1 heterocycles. The first-order valence-corrected chi connectivity index (χ1v) is 8.33. The van der Waals surface area contributed by atoms with Gasteiger partial charge in [-0.3, -0.25) is 4.79 Å². The molecule has 4 rings (SSSR count). The maximum atomic E-state index is 12.7. The van der Waals surface area contributed by atoms with Crippen LogP contribution >= 0.6 is 0 Å². The fourth-order valence-electron chi connectivity index (χ4n) is 2.77. The van der Waals surface area contributed by atoms with E-state index in [-0.39, 0.29) is 5.91 Å². The minimum atomic E-state index is -0.163. The van der Waals surface area contributed by atoms with E-state index >= 15 is 0 Å². The summed E-state index contributed by atoms with van der Waals surface area (Å²) in [5, 5.41) is 4.63. The molecule has 3 aromatic carbocycles. The van der Waals surface area contributed by atoms with Crippen molar-refractivity contribution in [1.29, 1.82) is 0 Å². The van der Waals surface area contributed by atoms with E-state index in [0.717, 1.165) is 16.5 Å². The number of ether oxygens (including phenoxy) is 1. The number of amides is 1. The summed E-state index contributed by atoms with van der Waals surface area (Å²) in [6.45, 7) is 0. The Bertz CT molecular complexity index is 1110. The Kier molecular flexibility index (Phi) is 4.37. The van der Waals surface area contributed by atoms with Crippen LogP contribution < -0.4 is 15.8 Å². The second kappa shape index (κ2) is 7.13. The van der Waals surface area contributed by atoms with Crippen LogP contribution in [0, 0.1) is 0 Å². The predicted octanol–water partition coefficient (Wildman–Crippen LogP) is 4.26. The molecular weight excluding hydrogens is 340 g/mol. The summed E-state index contributed by atoms with van der Waals surface area (Å²) < 4.78 is 5.73. The Morgan fingerprint density at radius 2 is 1.78 bits per heavy atom. The van der Waals surface area contributed by atoms with Crippen LogP contribution in [0.25, 0.3) is 10.8 Å². The maximum absolute atomic E-state index is 12.7. The van der Waals surface area contributed by atoms with Gasteiger partial charge in [-0.2, -0.15) is 0 Å². The largest absolute Gasteiger partial charge is 0.439 e. The van der Waals surface area contributed by atoms with Crippen LogP contribution in [0.4, 0.5) is 11.5 Å². The molecule has 4 aromatic rings. The van der Waals surface area contributed by atoms with Gasteiger partial charge in [-0.05, 0) is 47.2 Å². The van der Waals surface area contributed by atoms with Crippen molar-refractivity contribution in [3.63, 3.8) is 0 Å². The van der Waals surface area contributed by atoms with E-state index in [2.05, 4.69) is 15.3 Å². The van der Waals surface area contributed by atoms with Crippen molar-refractivity contribution in [2.24, 2.45) is 0 Å². The zero-order chi connectivity index (χ0) is 18.6. The predicted molar refractivity (Wildman–Crippen MR) is 105 cm³/mol. The number of anilines is 2. The molecule has 1 amide bonds. The summed E-state index contributed by atoms with van der Waals surface area (Å²) in [4.78, 5) is 20.5. The highest BCUT2D eigenvalue weighted by molar-refractivity contribution is 6.13. The molecule has 0 aliphatic rings. The average Bonchev–Trinajstić information content (AvgIpc) is 2.68. The van der Waals surface area contributed by atoms with Crippen LogP contribution in [0.15, 0.2) is 79.1 Å². The zero-order valence-corrected chi connectivity index (χ0v) is 14.3. The van der Waals surface area contributed by atoms with E-state index in [4.69, 9.17) is 10.5 Å². The highest BCUT2D eigenvalue weighted by Gasteiger charge is 2.11. The van der Waals surface area contributed by atoms with Gasteiger partial charge in [0.25, 0.3) is 5.91 Å². The first kappa shape index (κ1) is 16.5. The van der Waals surface area contributed by atoms with Crippen molar-refractivity contribution in [2.75, 3.05) is 11.1 Å². The number of nitrogens with two attached hydrogens (primary N) is 1. The summed E-state index contributed by atoms with van der Waals surface area (Å²) in [5.74, 6) is 1.13. The van der Waals surface area contributed by atoms with Crippen molar-refractivity contribution >= 4 is 28.2 Å². The third-order valence-corrected chi connectivity index (χ3v) is 4.01.